The van der Waals surface area contributed by atoms with Gasteiger partial charge in [0.05, 0.1) is 7.11 Å². The lowest BCUT2D eigenvalue weighted by Gasteiger charge is -2.10. The van der Waals surface area contributed by atoms with Gasteiger partial charge < -0.3 is 14.6 Å². The highest BCUT2D eigenvalue weighted by Crippen LogP contribution is 2.27. The zero-order valence-electron chi connectivity index (χ0n) is 11.5. The maximum atomic E-state index is 5.42. The van der Waals surface area contributed by atoms with Gasteiger partial charge >= 0.3 is 0 Å². The van der Waals surface area contributed by atoms with Gasteiger partial charge in [0, 0.05) is 37.3 Å². The van der Waals surface area contributed by atoms with E-state index in [0.29, 0.717) is 0 Å². The molecular formula is C14H19N3OS. The molecule has 0 saturated carbocycles. The van der Waals surface area contributed by atoms with Gasteiger partial charge in [0.1, 0.15) is 5.75 Å². The van der Waals surface area contributed by atoms with Crippen molar-refractivity contribution in [3.05, 3.63) is 41.7 Å². The summed E-state index contributed by atoms with van der Waals surface area (Å²) in [4.78, 5) is 4.32. The van der Waals surface area contributed by atoms with Crippen molar-refractivity contribution in [3.63, 3.8) is 0 Å². The van der Waals surface area contributed by atoms with Crippen LogP contribution in [-0.4, -0.2) is 23.7 Å². The van der Waals surface area contributed by atoms with E-state index in [9.17, 15) is 0 Å². The number of ether oxygens (including phenoxy) is 1. The summed E-state index contributed by atoms with van der Waals surface area (Å²) >= 11 is 1.71. The van der Waals surface area contributed by atoms with Crippen molar-refractivity contribution in [1.29, 1.82) is 0 Å². The highest BCUT2D eigenvalue weighted by atomic mass is 32.2. The first-order chi connectivity index (χ1) is 9.24. The second-order valence-electron chi connectivity index (χ2n) is 4.29. The standard InChI is InChI=1S/C14H19N3OS/c1-15-9-11-4-5-13(18-3)12(8-11)10-19-14-16-6-7-17(14)2/h4-8,15H,9-10H2,1-3H3. The largest absolute Gasteiger partial charge is 0.496 e. The summed E-state index contributed by atoms with van der Waals surface area (Å²) in [5, 5.41) is 4.18. The molecule has 2 rings (SSSR count). The van der Waals surface area contributed by atoms with Crippen molar-refractivity contribution in [3.8, 4) is 5.75 Å². The lowest BCUT2D eigenvalue weighted by molar-refractivity contribution is 0.411. The monoisotopic (exact) mass is 277 g/mol. The molecule has 1 heterocycles. The average Bonchev–Trinajstić information content (AvgIpc) is 2.82. The number of imidazole rings is 1. The Morgan fingerprint density at radius 2 is 2.26 bits per heavy atom. The van der Waals surface area contributed by atoms with Crippen LogP contribution in [0.3, 0.4) is 0 Å². The molecule has 0 aliphatic carbocycles. The van der Waals surface area contributed by atoms with Crippen molar-refractivity contribution in [2.24, 2.45) is 7.05 Å². The minimum atomic E-state index is 0.853. The number of nitrogens with zero attached hydrogens (tertiary/aromatic N) is 2. The van der Waals surface area contributed by atoms with E-state index in [1.807, 2.05) is 37.1 Å². The topological polar surface area (TPSA) is 39.1 Å². The molecule has 0 bridgehead atoms. The van der Waals surface area contributed by atoms with Crippen LogP contribution in [0.25, 0.3) is 0 Å². The van der Waals surface area contributed by atoms with E-state index < -0.39 is 0 Å². The van der Waals surface area contributed by atoms with Gasteiger partial charge in [-0.15, -0.1) is 0 Å². The quantitative estimate of drug-likeness (QED) is 0.823. The number of nitrogens with one attached hydrogen (secondary N) is 1. The van der Waals surface area contributed by atoms with E-state index >= 15 is 0 Å². The third-order valence-corrected chi connectivity index (χ3v) is 3.97. The fourth-order valence-corrected chi connectivity index (χ4v) is 2.80. The second kappa shape index (κ2) is 6.63. The van der Waals surface area contributed by atoms with Crippen LogP contribution in [0.4, 0.5) is 0 Å². The maximum absolute atomic E-state index is 5.42. The smallest absolute Gasteiger partial charge is 0.167 e. The minimum absolute atomic E-state index is 0.853. The van der Waals surface area contributed by atoms with Crippen molar-refractivity contribution in [2.45, 2.75) is 17.5 Å². The number of aromatic nitrogens is 2. The Morgan fingerprint density at radius 1 is 1.42 bits per heavy atom. The third-order valence-electron chi connectivity index (χ3n) is 2.86. The number of hydrogen-bond acceptors (Lipinski definition) is 4. The lowest BCUT2D eigenvalue weighted by atomic mass is 10.1. The van der Waals surface area contributed by atoms with Crippen molar-refractivity contribution in [2.75, 3.05) is 14.2 Å². The lowest BCUT2D eigenvalue weighted by Crippen LogP contribution is -2.05. The summed E-state index contributed by atoms with van der Waals surface area (Å²) in [6.45, 7) is 0.865. The van der Waals surface area contributed by atoms with Gasteiger partial charge in [0.25, 0.3) is 0 Å². The Kier molecular flexibility index (Phi) is 4.87. The first kappa shape index (κ1) is 14.0. The molecular weight excluding hydrogens is 258 g/mol. The third kappa shape index (κ3) is 3.52. The van der Waals surface area contributed by atoms with E-state index in [0.717, 1.165) is 23.2 Å². The van der Waals surface area contributed by atoms with Gasteiger partial charge in [-0.2, -0.15) is 0 Å². The zero-order valence-corrected chi connectivity index (χ0v) is 12.3. The summed E-state index contributed by atoms with van der Waals surface area (Å²) in [6, 6.07) is 6.30. The molecule has 0 unspecified atom stereocenters. The SMILES string of the molecule is CNCc1ccc(OC)c(CSc2nccn2C)c1. The molecule has 0 fully saturated rings. The van der Waals surface area contributed by atoms with Crippen molar-refractivity contribution < 1.29 is 4.74 Å². The van der Waals surface area contributed by atoms with E-state index in [1.165, 1.54) is 11.1 Å². The van der Waals surface area contributed by atoms with Gasteiger partial charge in [-0.3, -0.25) is 0 Å². The van der Waals surface area contributed by atoms with Crippen LogP contribution in [0.15, 0.2) is 35.7 Å². The van der Waals surface area contributed by atoms with Gasteiger partial charge in [-0.1, -0.05) is 17.8 Å². The predicted molar refractivity (Wildman–Crippen MR) is 78.5 cm³/mol. The Labute approximate surface area is 118 Å². The Balaban J connectivity index is 2.13. The fraction of sp³-hybridized carbons (Fsp3) is 0.357. The van der Waals surface area contributed by atoms with Gasteiger partial charge in [0.2, 0.25) is 0 Å². The summed E-state index contributed by atoms with van der Waals surface area (Å²) in [6.07, 6.45) is 3.77. The molecule has 0 saturated heterocycles. The molecule has 1 aromatic carbocycles. The van der Waals surface area contributed by atoms with Crippen LogP contribution < -0.4 is 10.1 Å². The van der Waals surface area contributed by atoms with E-state index in [4.69, 9.17) is 4.74 Å². The molecule has 0 atom stereocenters. The van der Waals surface area contributed by atoms with Crippen LogP contribution in [-0.2, 0) is 19.3 Å². The van der Waals surface area contributed by atoms with E-state index in [1.54, 1.807) is 18.9 Å². The number of aryl methyl sites for hydroxylation is 1. The molecule has 102 valence electrons. The average molecular weight is 277 g/mol. The highest BCUT2D eigenvalue weighted by molar-refractivity contribution is 7.98. The molecule has 1 aromatic heterocycles. The predicted octanol–water partition coefficient (Wildman–Crippen LogP) is 2.44. The van der Waals surface area contributed by atoms with Gasteiger partial charge in [-0.05, 0) is 24.7 Å². The summed E-state index contributed by atoms with van der Waals surface area (Å²) in [7, 11) is 5.67. The normalized spacial score (nSPS) is 10.7. The molecule has 4 nitrogen and oxygen atoms in total. The maximum Gasteiger partial charge on any atom is 0.167 e. The summed E-state index contributed by atoms with van der Waals surface area (Å²) < 4.78 is 7.44. The molecule has 0 spiro atoms. The van der Waals surface area contributed by atoms with Crippen LogP contribution in [0.2, 0.25) is 0 Å². The molecule has 0 amide bonds. The Morgan fingerprint density at radius 3 is 2.89 bits per heavy atom. The summed E-state index contributed by atoms with van der Waals surface area (Å²) in [5.41, 5.74) is 2.46. The summed E-state index contributed by atoms with van der Waals surface area (Å²) in [5.74, 6) is 1.78. The second-order valence-corrected chi connectivity index (χ2v) is 5.23. The molecule has 19 heavy (non-hydrogen) atoms. The van der Waals surface area contributed by atoms with Crippen LogP contribution >= 0.6 is 11.8 Å². The van der Waals surface area contributed by atoms with Crippen LogP contribution in [0.1, 0.15) is 11.1 Å². The fourth-order valence-electron chi connectivity index (χ4n) is 1.89. The molecule has 0 radical (unpaired) electrons. The Hall–Kier alpha value is -1.46. The number of methoxy groups -OCH3 is 1. The zero-order chi connectivity index (χ0) is 13.7. The Bertz CT molecular complexity index is 539. The molecule has 0 aliphatic rings. The number of benzene rings is 1. The van der Waals surface area contributed by atoms with Crippen molar-refractivity contribution in [1.82, 2.24) is 14.9 Å². The van der Waals surface area contributed by atoms with Crippen LogP contribution in [0, 0.1) is 0 Å². The molecule has 5 heteroatoms. The number of rotatable bonds is 6. The number of hydrogen-bond donors (Lipinski definition) is 1. The highest BCUT2D eigenvalue weighted by Gasteiger charge is 2.07. The van der Waals surface area contributed by atoms with Gasteiger partial charge in [0.15, 0.2) is 5.16 Å². The molecule has 1 N–H and O–H groups in total. The van der Waals surface area contributed by atoms with Gasteiger partial charge in [-0.25, -0.2) is 4.98 Å². The first-order valence-electron chi connectivity index (χ1n) is 6.15. The van der Waals surface area contributed by atoms with E-state index in [2.05, 4.69) is 22.4 Å². The number of thioether (sulfide) groups is 1. The minimum Gasteiger partial charge on any atom is -0.496 e. The first-order valence-corrected chi connectivity index (χ1v) is 7.13. The van der Waals surface area contributed by atoms with Crippen molar-refractivity contribution >= 4 is 11.8 Å². The molecule has 2 aromatic rings. The van der Waals surface area contributed by atoms with Crippen LogP contribution in [0.5, 0.6) is 5.75 Å². The molecule has 0 aliphatic heterocycles. The van der Waals surface area contributed by atoms with E-state index in [-0.39, 0.29) is 0 Å².